The molecule has 0 aliphatic heterocycles. The minimum atomic E-state index is -1.65. The number of unbranched alkanes of at least 4 members (excludes halogenated alkanes) is 5. The third kappa shape index (κ3) is 6.00. The molecule has 4 nitrogen and oxygen atoms in total. The van der Waals surface area contributed by atoms with Crippen LogP contribution in [-0.2, 0) is 9.59 Å². The zero-order chi connectivity index (χ0) is 19.3. The van der Waals surface area contributed by atoms with E-state index in [9.17, 15) is 19.8 Å². The van der Waals surface area contributed by atoms with Crippen molar-refractivity contribution in [2.45, 2.75) is 111 Å². The van der Waals surface area contributed by atoms with Crippen LogP contribution in [0, 0.1) is 10.8 Å². The molecule has 148 valence electrons. The molecule has 0 aromatic heterocycles. The van der Waals surface area contributed by atoms with Crippen molar-refractivity contribution in [2.24, 2.45) is 10.8 Å². The van der Waals surface area contributed by atoms with Crippen LogP contribution in [0.2, 0.25) is 0 Å². The van der Waals surface area contributed by atoms with Gasteiger partial charge in [0.2, 0.25) is 0 Å². The molecule has 0 spiro atoms. The van der Waals surface area contributed by atoms with Gasteiger partial charge in [0.15, 0.2) is 5.41 Å². The third-order valence-electron chi connectivity index (χ3n) is 5.82. The summed E-state index contributed by atoms with van der Waals surface area (Å²) in [4.78, 5) is 24.8. The summed E-state index contributed by atoms with van der Waals surface area (Å²) in [6.07, 6.45) is 10.5. The maximum Gasteiger partial charge on any atom is 0.321 e. The Morgan fingerprint density at radius 2 is 0.960 bits per heavy atom. The predicted octanol–water partition coefficient (Wildman–Crippen LogP) is 6.28. The number of carboxylic acids is 2. The van der Waals surface area contributed by atoms with E-state index in [1.54, 1.807) is 0 Å². The van der Waals surface area contributed by atoms with Gasteiger partial charge in [0, 0.05) is 0 Å². The van der Waals surface area contributed by atoms with E-state index in [0.717, 1.165) is 51.4 Å². The van der Waals surface area contributed by atoms with Crippen LogP contribution in [-0.4, -0.2) is 22.2 Å². The second-order valence-electron chi connectivity index (χ2n) is 7.56. The molecule has 0 fully saturated rings. The lowest BCUT2D eigenvalue weighted by molar-refractivity contribution is -0.180. The molecule has 0 rings (SSSR count). The molecule has 0 amide bonds. The fourth-order valence-corrected chi connectivity index (χ4v) is 4.23. The van der Waals surface area contributed by atoms with Gasteiger partial charge in [-0.25, -0.2) is 0 Å². The van der Waals surface area contributed by atoms with Crippen LogP contribution in [0.15, 0.2) is 0 Å². The van der Waals surface area contributed by atoms with Gasteiger partial charge in [0.05, 0.1) is 0 Å². The van der Waals surface area contributed by atoms with Crippen molar-refractivity contribution in [1.82, 2.24) is 0 Å². The molecule has 0 aromatic carbocycles. The largest absolute Gasteiger partial charge is 0.480 e. The standard InChI is InChI=1S/C21H40O4/c1-5-9-13-16-20(14-10-6-2,15-11-7-3)21(18(22)23,19(24)25)17-12-8-4/h5-17H2,1-4H3,(H,22,23)(H,24,25). The van der Waals surface area contributed by atoms with Crippen molar-refractivity contribution in [1.29, 1.82) is 0 Å². The van der Waals surface area contributed by atoms with Crippen LogP contribution in [0.3, 0.4) is 0 Å². The van der Waals surface area contributed by atoms with E-state index in [-0.39, 0.29) is 6.42 Å². The Hall–Kier alpha value is -1.06. The fraction of sp³-hybridized carbons (Fsp3) is 0.905. The Kier molecular flexibility index (Phi) is 11.8. The first-order valence-electron chi connectivity index (χ1n) is 10.3. The lowest BCUT2D eigenvalue weighted by atomic mass is 9.54. The minimum Gasteiger partial charge on any atom is -0.480 e. The van der Waals surface area contributed by atoms with Gasteiger partial charge in [0.25, 0.3) is 0 Å². The van der Waals surface area contributed by atoms with Crippen molar-refractivity contribution in [2.75, 3.05) is 0 Å². The van der Waals surface area contributed by atoms with E-state index in [4.69, 9.17) is 0 Å². The van der Waals surface area contributed by atoms with Crippen molar-refractivity contribution < 1.29 is 19.8 Å². The molecule has 0 aliphatic rings. The van der Waals surface area contributed by atoms with Crippen molar-refractivity contribution >= 4 is 11.9 Å². The summed E-state index contributed by atoms with van der Waals surface area (Å²) in [6.45, 7) is 8.29. The molecule has 0 heterocycles. The second kappa shape index (κ2) is 12.3. The Morgan fingerprint density at radius 3 is 1.32 bits per heavy atom. The first-order chi connectivity index (χ1) is 11.9. The smallest absolute Gasteiger partial charge is 0.321 e. The van der Waals surface area contributed by atoms with Gasteiger partial charge in [-0.2, -0.15) is 0 Å². The van der Waals surface area contributed by atoms with Crippen molar-refractivity contribution in [3.05, 3.63) is 0 Å². The molecule has 0 unspecified atom stereocenters. The first kappa shape index (κ1) is 23.9. The lowest BCUT2D eigenvalue weighted by Gasteiger charge is -2.46. The average Bonchev–Trinajstić information content (AvgIpc) is 2.57. The monoisotopic (exact) mass is 356 g/mol. The summed E-state index contributed by atoms with van der Waals surface area (Å²) in [6, 6.07) is 0. The number of hydrogen-bond acceptors (Lipinski definition) is 2. The molecular weight excluding hydrogens is 316 g/mol. The third-order valence-corrected chi connectivity index (χ3v) is 5.82. The second-order valence-corrected chi connectivity index (χ2v) is 7.56. The predicted molar refractivity (Wildman–Crippen MR) is 103 cm³/mol. The summed E-state index contributed by atoms with van der Waals surface area (Å²) >= 11 is 0. The van der Waals surface area contributed by atoms with Crippen LogP contribution < -0.4 is 0 Å². The number of aliphatic carboxylic acids is 2. The highest BCUT2D eigenvalue weighted by Crippen LogP contribution is 2.54. The van der Waals surface area contributed by atoms with Gasteiger partial charge < -0.3 is 10.2 Å². The molecule has 0 bridgehead atoms. The van der Waals surface area contributed by atoms with E-state index in [1.807, 2.05) is 6.92 Å². The minimum absolute atomic E-state index is 0.244. The van der Waals surface area contributed by atoms with Crippen molar-refractivity contribution in [3.63, 3.8) is 0 Å². The summed E-state index contributed by atoms with van der Waals surface area (Å²) in [7, 11) is 0. The van der Waals surface area contributed by atoms with Crippen LogP contribution in [0.5, 0.6) is 0 Å². The van der Waals surface area contributed by atoms with Gasteiger partial charge in [0.1, 0.15) is 0 Å². The van der Waals surface area contributed by atoms with E-state index in [1.165, 1.54) is 0 Å². The quantitative estimate of drug-likeness (QED) is 0.252. The van der Waals surface area contributed by atoms with Gasteiger partial charge in [-0.05, 0) is 31.1 Å². The number of carbonyl (C=O) groups is 2. The van der Waals surface area contributed by atoms with Crippen LogP contribution in [0.4, 0.5) is 0 Å². The highest BCUT2D eigenvalue weighted by molar-refractivity contribution is 5.99. The molecular formula is C21H40O4. The number of carboxylic acid groups (broad SMARTS) is 2. The zero-order valence-electron chi connectivity index (χ0n) is 16.9. The molecule has 0 atom stereocenters. The average molecular weight is 357 g/mol. The zero-order valence-corrected chi connectivity index (χ0v) is 16.9. The van der Waals surface area contributed by atoms with Gasteiger partial charge in [-0.1, -0.05) is 85.5 Å². The molecule has 2 N–H and O–H groups in total. The van der Waals surface area contributed by atoms with Gasteiger partial charge in [-0.15, -0.1) is 0 Å². The molecule has 4 heteroatoms. The number of rotatable bonds is 16. The van der Waals surface area contributed by atoms with Crippen LogP contribution in [0.1, 0.15) is 111 Å². The summed E-state index contributed by atoms with van der Waals surface area (Å²) in [5.74, 6) is -2.26. The van der Waals surface area contributed by atoms with Crippen LogP contribution in [0.25, 0.3) is 0 Å². The summed E-state index contributed by atoms with van der Waals surface area (Å²) in [5.41, 5.74) is -2.29. The van der Waals surface area contributed by atoms with E-state index < -0.39 is 22.8 Å². The topological polar surface area (TPSA) is 74.6 Å². The molecule has 25 heavy (non-hydrogen) atoms. The Morgan fingerprint density at radius 1 is 0.600 bits per heavy atom. The summed E-state index contributed by atoms with van der Waals surface area (Å²) < 4.78 is 0. The van der Waals surface area contributed by atoms with Crippen molar-refractivity contribution in [3.8, 4) is 0 Å². The Balaban J connectivity index is 6.11. The first-order valence-corrected chi connectivity index (χ1v) is 10.3. The SMILES string of the molecule is CCCCCC(CCCC)(CCCC)C(CCCC)(C(=O)O)C(=O)O. The molecule has 0 saturated carbocycles. The molecule has 0 saturated heterocycles. The number of hydrogen-bond donors (Lipinski definition) is 2. The molecule has 0 radical (unpaired) electrons. The van der Waals surface area contributed by atoms with E-state index in [0.29, 0.717) is 25.7 Å². The normalized spacial score (nSPS) is 12.3. The van der Waals surface area contributed by atoms with E-state index >= 15 is 0 Å². The lowest BCUT2D eigenvalue weighted by Crippen LogP contribution is -2.53. The van der Waals surface area contributed by atoms with Gasteiger partial charge >= 0.3 is 11.9 Å². The highest BCUT2D eigenvalue weighted by Gasteiger charge is 2.60. The molecule has 0 aromatic rings. The van der Waals surface area contributed by atoms with Gasteiger partial charge in [-0.3, -0.25) is 9.59 Å². The maximum atomic E-state index is 12.4. The highest BCUT2D eigenvalue weighted by atomic mass is 16.4. The maximum absolute atomic E-state index is 12.4. The Labute approximate surface area is 154 Å². The fourth-order valence-electron chi connectivity index (χ4n) is 4.23. The molecule has 0 aliphatic carbocycles. The Bertz CT molecular complexity index is 367. The van der Waals surface area contributed by atoms with E-state index in [2.05, 4.69) is 20.8 Å². The van der Waals surface area contributed by atoms with Crippen LogP contribution >= 0.6 is 0 Å². The summed E-state index contributed by atoms with van der Waals surface area (Å²) in [5, 5.41) is 20.3.